The Morgan fingerprint density at radius 1 is 1.16 bits per heavy atom. The molecule has 9 heteroatoms. The first-order chi connectivity index (χ1) is 14.9. The lowest BCUT2D eigenvalue weighted by molar-refractivity contribution is -0.121. The summed E-state index contributed by atoms with van der Waals surface area (Å²) in [7, 11) is -2.38. The van der Waals surface area contributed by atoms with Gasteiger partial charge in [-0.3, -0.25) is 9.10 Å². The average Bonchev–Trinajstić information content (AvgIpc) is 2.70. The van der Waals surface area contributed by atoms with Crippen molar-refractivity contribution in [3.8, 4) is 11.5 Å². The topological polar surface area (TPSA) is 84.9 Å². The molecule has 0 aliphatic carbocycles. The van der Waals surface area contributed by atoms with Crippen LogP contribution < -0.4 is 19.1 Å². The monoisotopic (exact) mass is 482 g/mol. The number of carbonyl (C=O) groups excluding carboxylic acids is 1. The van der Waals surface area contributed by atoms with Crippen LogP contribution in [-0.4, -0.2) is 46.9 Å². The predicted molar refractivity (Wildman–Crippen MR) is 128 cm³/mol. The van der Waals surface area contributed by atoms with Gasteiger partial charge in [0.2, 0.25) is 15.9 Å². The molecule has 1 N–H and O–H groups in total. The number of sulfonamides is 1. The maximum atomic E-state index is 12.8. The molecular weight excluding hydrogens is 452 g/mol. The third-order valence-corrected chi connectivity index (χ3v) is 6.28. The number of anilines is 1. The van der Waals surface area contributed by atoms with E-state index in [1.54, 1.807) is 12.1 Å². The van der Waals surface area contributed by atoms with Crippen molar-refractivity contribution in [1.82, 2.24) is 5.32 Å². The maximum absolute atomic E-state index is 12.8. The number of amides is 1. The van der Waals surface area contributed by atoms with Crippen molar-refractivity contribution < 1.29 is 22.7 Å². The van der Waals surface area contributed by atoms with Crippen LogP contribution in [0.3, 0.4) is 0 Å². The third kappa shape index (κ3) is 6.53. The lowest BCUT2D eigenvalue weighted by Crippen LogP contribution is -2.48. The Bertz CT molecular complexity index is 1050. The fourth-order valence-corrected chi connectivity index (χ4v) is 4.65. The molecule has 0 heterocycles. The second-order valence-electron chi connectivity index (χ2n) is 8.44. The molecule has 1 atom stereocenters. The number of para-hydroxylation sites is 1. The van der Waals surface area contributed by atoms with E-state index in [9.17, 15) is 13.2 Å². The molecule has 1 unspecified atom stereocenters. The highest BCUT2D eigenvalue weighted by atomic mass is 35.5. The smallest absolute Gasteiger partial charge is 0.243 e. The van der Waals surface area contributed by atoms with E-state index in [4.69, 9.17) is 21.1 Å². The van der Waals surface area contributed by atoms with Crippen LogP contribution in [0.25, 0.3) is 0 Å². The lowest BCUT2D eigenvalue weighted by atomic mass is 9.86. The number of nitrogens with one attached hydrogen (secondary N) is 1. The number of hydrogen-bond acceptors (Lipinski definition) is 5. The van der Waals surface area contributed by atoms with Crippen molar-refractivity contribution >= 4 is 33.2 Å². The van der Waals surface area contributed by atoms with Crippen molar-refractivity contribution in [2.75, 3.05) is 30.8 Å². The Balaban J connectivity index is 2.10. The summed E-state index contributed by atoms with van der Waals surface area (Å²) in [6, 6.07) is 11.3. The van der Waals surface area contributed by atoms with Crippen molar-refractivity contribution in [2.24, 2.45) is 0 Å². The van der Waals surface area contributed by atoms with Crippen molar-refractivity contribution in [3.63, 3.8) is 0 Å². The zero-order valence-electron chi connectivity index (χ0n) is 19.3. The Morgan fingerprint density at radius 3 is 2.41 bits per heavy atom. The molecule has 2 aromatic rings. The lowest BCUT2D eigenvalue weighted by Gasteiger charge is -2.29. The highest BCUT2D eigenvalue weighted by molar-refractivity contribution is 7.92. The zero-order chi connectivity index (χ0) is 24.1. The average molecular weight is 483 g/mol. The first-order valence-electron chi connectivity index (χ1n) is 10.2. The Labute approximate surface area is 195 Å². The molecule has 0 radical (unpaired) electrons. The second kappa shape index (κ2) is 10.4. The Kier molecular flexibility index (Phi) is 8.42. The SMILES string of the molecule is COc1ccc(Cl)cc1N(C(C)C(=O)NCCOc1ccccc1C(C)(C)C)S(C)(=O)=O. The van der Waals surface area contributed by atoms with Crippen LogP contribution in [0.15, 0.2) is 42.5 Å². The molecule has 7 nitrogen and oxygen atoms in total. The summed E-state index contributed by atoms with van der Waals surface area (Å²) in [5.41, 5.74) is 1.18. The van der Waals surface area contributed by atoms with Crippen LogP contribution in [0.2, 0.25) is 5.02 Å². The molecule has 176 valence electrons. The predicted octanol–water partition coefficient (Wildman–Crippen LogP) is 4.00. The van der Waals surface area contributed by atoms with Crippen molar-refractivity contribution in [1.29, 1.82) is 0 Å². The van der Waals surface area contributed by atoms with E-state index in [0.29, 0.717) is 10.8 Å². The molecule has 0 spiro atoms. The Morgan fingerprint density at radius 2 is 1.81 bits per heavy atom. The molecule has 2 aromatic carbocycles. The maximum Gasteiger partial charge on any atom is 0.243 e. The van der Waals surface area contributed by atoms with Gasteiger partial charge in [-0.1, -0.05) is 50.6 Å². The standard InChI is InChI=1S/C23H31ClN2O5S/c1-16(26(32(6,28)29)19-15-17(24)11-12-21(19)30-5)22(27)25-13-14-31-20-10-8-7-9-18(20)23(2,3)4/h7-12,15-16H,13-14H2,1-6H3,(H,25,27). The number of ether oxygens (including phenoxy) is 2. The quantitative estimate of drug-likeness (QED) is 0.546. The number of nitrogens with zero attached hydrogens (tertiary/aromatic N) is 1. The fourth-order valence-electron chi connectivity index (χ4n) is 3.31. The largest absolute Gasteiger partial charge is 0.495 e. The van der Waals surface area contributed by atoms with Crippen molar-refractivity contribution in [3.05, 3.63) is 53.1 Å². The zero-order valence-corrected chi connectivity index (χ0v) is 20.9. The molecule has 0 aliphatic heterocycles. The molecule has 32 heavy (non-hydrogen) atoms. The van der Waals surface area contributed by atoms with E-state index in [-0.39, 0.29) is 24.3 Å². The normalized spacial score (nSPS) is 12.7. The van der Waals surface area contributed by atoms with Gasteiger partial charge in [-0.15, -0.1) is 0 Å². The van der Waals surface area contributed by atoms with E-state index in [1.807, 2.05) is 24.3 Å². The summed E-state index contributed by atoms with van der Waals surface area (Å²) in [6.07, 6.45) is 1.03. The molecule has 1 amide bonds. The molecule has 0 aliphatic rings. The molecule has 0 saturated carbocycles. The van der Waals surface area contributed by atoms with Gasteiger partial charge in [0.15, 0.2) is 0 Å². The fraction of sp³-hybridized carbons (Fsp3) is 0.435. The number of carbonyl (C=O) groups is 1. The number of methoxy groups -OCH3 is 1. The van der Waals surface area contributed by atoms with Gasteiger partial charge in [0, 0.05) is 5.02 Å². The highest BCUT2D eigenvalue weighted by Gasteiger charge is 2.31. The van der Waals surface area contributed by atoms with Crippen LogP contribution in [0, 0.1) is 0 Å². The van der Waals surface area contributed by atoms with Gasteiger partial charge < -0.3 is 14.8 Å². The van der Waals surface area contributed by atoms with E-state index in [0.717, 1.165) is 21.9 Å². The van der Waals surface area contributed by atoms with Crippen LogP contribution in [0.4, 0.5) is 5.69 Å². The van der Waals surface area contributed by atoms with E-state index in [1.165, 1.54) is 20.1 Å². The summed E-state index contributed by atoms with van der Waals surface area (Å²) in [5, 5.41) is 3.07. The number of rotatable bonds is 9. The van der Waals surface area contributed by atoms with Gasteiger partial charge in [-0.2, -0.15) is 0 Å². The highest BCUT2D eigenvalue weighted by Crippen LogP contribution is 2.34. The van der Waals surface area contributed by atoms with Gasteiger partial charge in [0.05, 0.1) is 25.6 Å². The minimum absolute atomic E-state index is 0.0830. The summed E-state index contributed by atoms with van der Waals surface area (Å²) in [6.45, 7) is 8.26. The minimum Gasteiger partial charge on any atom is -0.495 e. The van der Waals surface area contributed by atoms with Crippen molar-refractivity contribution in [2.45, 2.75) is 39.2 Å². The van der Waals surface area contributed by atoms with Gasteiger partial charge in [-0.05, 0) is 42.2 Å². The van der Waals surface area contributed by atoms with Gasteiger partial charge >= 0.3 is 0 Å². The Hall–Kier alpha value is -2.45. The minimum atomic E-state index is -3.80. The van der Waals surface area contributed by atoms with Crippen LogP contribution in [0.5, 0.6) is 11.5 Å². The molecule has 0 bridgehead atoms. The molecule has 0 saturated heterocycles. The van der Waals surface area contributed by atoms with Crippen LogP contribution >= 0.6 is 11.6 Å². The second-order valence-corrected chi connectivity index (χ2v) is 10.7. The van der Waals surface area contributed by atoms with Crippen LogP contribution in [-0.2, 0) is 20.2 Å². The molecule has 2 rings (SSSR count). The van der Waals surface area contributed by atoms with Gasteiger partial charge in [-0.25, -0.2) is 8.42 Å². The van der Waals surface area contributed by atoms with Crippen LogP contribution in [0.1, 0.15) is 33.3 Å². The molecule has 0 aromatic heterocycles. The summed E-state index contributed by atoms with van der Waals surface area (Å²) < 4.78 is 37.2. The summed E-state index contributed by atoms with van der Waals surface area (Å²) in [4.78, 5) is 12.8. The number of benzene rings is 2. The van der Waals surface area contributed by atoms with E-state index >= 15 is 0 Å². The van der Waals surface area contributed by atoms with E-state index in [2.05, 4.69) is 26.1 Å². The number of hydrogen-bond donors (Lipinski definition) is 1. The first-order valence-corrected chi connectivity index (χ1v) is 12.4. The van der Waals surface area contributed by atoms with Gasteiger partial charge in [0.25, 0.3) is 0 Å². The first kappa shape index (κ1) is 25.8. The molecule has 0 fully saturated rings. The third-order valence-electron chi connectivity index (χ3n) is 4.82. The summed E-state index contributed by atoms with van der Waals surface area (Å²) >= 11 is 6.06. The van der Waals surface area contributed by atoms with Gasteiger partial charge in [0.1, 0.15) is 24.1 Å². The number of halogens is 1. The molecular formula is C23H31ClN2O5S. The van der Waals surface area contributed by atoms with E-state index < -0.39 is 22.0 Å². The summed E-state index contributed by atoms with van der Waals surface area (Å²) in [5.74, 6) is 0.579.